The maximum atomic E-state index is 12.9. The summed E-state index contributed by atoms with van der Waals surface area (Å²) in [6.45, 7) is 3.98. The zero-order valence-corrected chi connectivity index (χ0v) is 19.6. The molecule has 0 spiro atoms. The average Bonchev–Trinajstić information content (AvgIpc) is 3.36. The maximum absolute atomic E-state index is 12.9. The van der Waals surface area contributed by atoms with Gasteiger partial charge in [-0.2, -0.15) is 0 Å². The number of fused-ring (bicyclic) bond motifs is 3. The van der Waals surface area contributed by atoms with Crippen molar-refractivity contribution in [3.8, 4) is 11.5 Å². The second kappa shape index (κ2) is 10.1. The van der Waals surface area contributed by atoms with Crippen molar-refractivity contribution in [3.63, 3.8) is 0 Å². The fourth-order valence-corrected chi connectivity index (χ4v) is 4.58. The summed E-state index contributed by atoms with van der Waals surface area (Å²) in [5, 5.41) is 0. The smallest absolute Gasteiger partial charge is 0.274 e. The average molecular weight is 473 g/mol. The van der Waals surface area contributed by atoms with E-state index >= 15 is 0 Å². The molecule has 0 aliphatic carbocycles. The lowest BCUT2D eigenvalue weighted by Gasteiger charge is -2.09. The Hall–Kier alpha value is -3.68. The molecule has 2 heterocycles. The Balaban J connectivity index is 1.12. The highest BCUT2D eigenvalue weighted by Crippen LogP contribution is 2.16. The lowest BCUT2D eigenvalue weighted by atomic mass is 10.2. The highest BCUT2D eigenvalue weighted by molar-refractivity contribution is 7.15. The number of hydrogen-bond acceptors (Lipinski definition) is 6. The van der Waals surface area contributed by atoms with E-state index in [-0.39, 0.29) is 5.56 Å². The van der Waals surface area contributed by atoms with Crippen LogP contribution in [0.3, 0.4) is 0 Å². The van der Waals surface area contributed by atoms with E-state index in [1.54, 1.807) is 4.40 Å². The number of rotatable bonds is 9. The van der Waals surface area contributed by atoms with Gasteiger partial charge in [-0.15, -0.1) is 0 Å². The van der Waals surface area contributed by atoms with Gasteiger partial charge in [0.25, 0.3) is 5.56 Å². The molecule has 7 heteroatoms. The van der Waals surface area contributed by atoms with Crippen molar-refractivity contribution in [1.82, 2.24) is 9.38 Å². The van der Waals surface area contributed by atoms with E-state index in [1.807, 2.05) is 85.8 Å². The Morgan fingerprint density at radius 3 is 2.21 bits per heavy atom. The molecular formula is C27H24N2O4S. The van der Waals surface area contributed by atoms with Crippen LogP contribution >= 0.6 is 11.3 Å². The van der Waals surface area contributed by atoms with Crippen LogP contribution in [0, 0.1) is 6.92 Å². The number of benzene rings is 3. The van der Waals surface area contributed by atoms with Gasteiger partial charge in [-0.25, -0.2) is 9.38 Å². The number of nitrogens with zero attached hydrogens (tertiary/aromatic N) is 2. The number of aromatic nitrogens is 2. The Kier molecular flexibility index (Phi) is 6.56. The summed E-state index contributed by atoms with van der Waals surface area (Å²) in [5.41, 5.74) is 3.77. The predicted octanol–water partition coefficient (Wildman–Crippen LogP) is 4.24. The summed E-state index contributed by atoms with van der Waals surface area (Å²) < 4.78 is 19.3. The highest BCUT2D eigenvalue weighted by atomic mass is 32.1. The molecule has 2 aromatic heterocycles. The number of para-hydroxylation sites is 2. The number of aryl methyl sites for hydroxylation is 1. The molecule has 0 bridgehead atoms. The van der Waals surface area contributed by atoms with Gasteiger partial charge in [0, 0.05) is 0 Å². The van der Waals surface area contributed by atoms with E-state index in [4.69, 9.17) is 14.2 Å². The van der Waals surface area contributed by atoms with Crippen molar-refractivity contribution in [2.75, 3.05) is 26.4 Å². The topological polar surface area (TPSA) is 62.1 Å². The van der Waals surface area contributed by atoms with Crippen LogP contribution in [-0.4, -0.2) is 35.8 Å². The monoisotopic (exact) mass is 472 g/mol. The first-order valence-electron chi connectivity index (χ1n) is 11.1. The van der Waals surface area contributed by atoms with Crippen LogP contribution in [0.1, 0.15) is 11.1 Å². The van der Waals surface area contributed by atoms with Crippen LogP contribution in [0.15, 0.2) is 77.6 Å². The van der Waals surface area contributed by atoms with Crippen molar-refractivity contribution < 1.29 is 14.2 Å². The van der Waals surface area contributed by atoms with Crippen molar-refractivity contribution in [2.45, 2.75) is 6.92 Å². The number of ether oxygens (including phenoxy) is 3. The summed E-state index contributed by atoms with van der Waals surface area (Å²) in [5.74, 6) is 1.60. The van der Waals surface area contributed by atoms with Crippen molar-refractivity contribution >= 4 is 33.4 Å². The molecule has 172 valence electrons. The Bertz CT molecular complexity index is 1510. The number of imidazole rings is 1. The van der Waals surface area contributed by atoms with Gasteiger partial charge in [-0.3, -0.25) is 4.79 Å². The zero-order chi connectivity index (χ0) is 23.3. The molecular weight excluding hydrogens is 448 g/mol. The van der Waals surface area contributed by atoms with Crippen LogP contribution in [-0.2, 0) is 4.74 Å². The van der Waals surface area contributed by atoms with Crippen LogP contribution in [0.2, 0.25) is 0 Å². The molecule has 0 radical (unpaired) electrons. The van der Waals surface area contributed by atoms with E-state index in [0.29, 0.717) is 35.9 Å². The molecule has 3 aromatic carbocycles. The van der Waals surface area contributed by atoms with Gasteiger partial charge in [0.1, 0.15) is 24.7 Å². The maximum Gasteiger partial charge on any atom is 0.274 e. The minimum absolute atomic E-state index is 0.0440. The minimum Gasteiger partial charge on any atom is -0.491 e. The summed E-state index contributed by atoms with van der Waals surface area (Å²) in [4.78, 5) is 18.1. The minimum atomic E-state index is -0.0440. The lowest BCUT2D eigenvalue weighted by Crippen LogP contribution is -2.22. The molecule has 0 atom stereocenters. The molecule has 0 unspecified atom stereocenters. The van der Waals surface area contributed by atoms with Gasteiger partial charge >= 0.3 is 0 Å². The molecule has 0 saturated heterocycles. The number of thiazole rings is 1. The molecule has 34 heavy (non-hydrogen) atoms. The van der Waals surface area contributed by atoms with Gasteiger partial charge in [-0.1, -0.05) is 53.3 Å². The van der Waals surface area contributed by atoms with Crippen LogP contribution in [0.4, 0.5) is 0 Å². The van der Waals surface area contributed by atoms with Crippen LogP contribution < -0.4 is 19.6 Å². The molecule has 0 aliphatic heterocycles. The second-order valence-corrected chi connectivity index (χ2v) is 8.83. The SMILES string of the molecule is Cc1ccc(OCCOCCOc2ccc(/C=c3\sc4nc5ccccc5n4c3=O)cc2)cc1. The van der Waals surface area contributed by atoms with E-state index in [1.165, 1.54) is 16.9 Å². The third-order valence-electron chi connectivity index (χ3n) is 5.34. The first kappa shape index (κ1) is 22.1. The zero-order valence-electron chi connectivity index (χ0n) is 18.8. The fraction of sp³-hybridized carbons (Fsp3) is 0.185. The molecule has 0 N–H and O–H groups in total. The van der Waals surface area contributed by atoms with Gasteiger partial charge in [0.15, 0.2) is 4.96 Å². The predicted molar refractivity (Wildman–Crippen MR) is 135 cm³/mol. The first-order chi connectivity index (χ1) is 16.7. The van der Waals surface area contributed by atoms with Crippen LogP contribution in [0.5, 0.6) is 11.5 Å². The molecule has 5 aromatic rings. The molecule has 0 aliphatic rings. The van der Waals surface area contributed by atoms with E-state index < -0.39 is 0 Å². The Labute approximate surface area is 200 Å². The third-order valence-corrected chi connectivity index (χ3v) is 6.31. The molecule has 6 nitrogen and oxygen atoms in total. The van der Waals surface area contributed by atoms with Crippen molar-refractivity contribution in [2.24, 2.45) is 0 Å². The molecule has 0 saturated carbocycles. The second-order valence-electron chi connectivity index (χ2n) is 7.83. The highest BCUT2D eigenvalue weighted by Gasteiger charge is 2.10. The fourth-order valence-electron chi connectivity index (χ4n) is 3.60. The number of hydrogen-bond donors (Lipinski definition) is 0. The normalized spacial score (nSPS) is 12.0. The lowest BCUT2D eigenvalue weighted by molar-refractivity contribution is 0.0764. The summed E-state index contributed by atoms with van der Waals surface area (Å²) in [6, 6.07) is 23.3. The largest absolute Gasteiger partial charge is 0.491 e. The van der Waals surface area contributed by atoms with Gasteiger partial charge < -0.3 is 14.2 Å². The summed E-state index contributed by atoms with van der Waals surface area (Å²) >= 11 is 1.40. The van der Waals surface area contributed by atoms with Crippen molar-refractivity contribution in [1.29, 1.82) is 0 Å². The van der Waals surface area contributed by atoms with E-state index in [9.17, 15) is 4.79 Å². The van der Waals surface area contributed by atoms with E-state index in [0.717, 1.165) is 28.1 Å². The van der Waals surface area contributed by atoms with Gasteiger partial charge in [0.2, 0.25) is 0 Å². The van der Waals surface area contributed by atoms with Gasteiger partial charge in [0.05, 0.1) is 28.8 Å². The van der Waals surface area contributed by atoms with Crippen molar-refractivity contribution in [3.05, 3.63) is 98.8 Å². The molecule has 0 fully saturated rings. The Morgan fingerprint density at radius 1 is 0.853 bits per heavy atom. The standard InChI is InChI=1S/C27H24N2O4S/c1-19-6-10-21(11-7-19)32-16-14-31-15-17-33-22-12-8-20(9-13-22)18-25-26(30)29-24-5-3-2-4-23(24)28-27(29)34-25/h2-13,18H,14-17H2,1H3/b25-18-. The summed E-state index contributed by atoms with van der Waals surface area (Å²) in [6.07, 6.45) is 1.89. The van der Waals surface area contributed by atoms with Crippen LogP contribution in [0.25, 0.3) is 22.1 Å². The summed E-state index contributed by atoms with van der Waals surface area (Å²) in [7, 11) is 0. The third kappa shape index (κ3) is 4.95. The quantitative estimate of drug-likeness (QED) is 0.300. The van der Waals surface area contributed by atoms with E-state index in [2.05, 4.69) is 4.98 Å². The molecule has 0 amide bonds. The Morgan fingerprint density at radius 2 is 1.50 bits per heavy atom. The first-order valence-corrected chi connectivity index (χ1v) is 11.9. The van der Waals surface area contributed by atoms with Gasteiger partial charge in [-0.05, 0) is 55.0 Å². The molecule has 5 rings (SSSR count).